The monoisotopic (exact) mass is 489 g/mol. The van der Waals surface area contributed by atoms with Gasteiger partial charge < -0.3 is 11.1 Å². The molecular weight excluding hydrogens is 462 g/mol. The van der Waals surface area contributed by atoms with Gasteiger partial charge in [-0.25, -0.2) is 9.97 Å². The number of nitrogens with one attached hydrogen (secondary N) is 2. The van der Waals surface area contributed by atoms with Crippen molar-refractivity contribution in [3.63, 3.8) is 0 Å². The van der Waals surface area contributed by atoms with Gasteiger partial charge in [-0.2, -0.15) is 5.10 Å². The molecule has 0 spiro atoms. The van der Waals surface area contributed by atoms with Crippen LogP contribution < -0.4 is 11.1 Å². The first-order chi connectivity index (χ1) is 18.2. The number of aromatic amines is 1. The zero-order chi connectivity index (χ0) is 25.2. The first kappa shape index (κ1) is 22.8. The number of pyridine rings is 1. The molecule has 5 aromatic rings. The number of fused-ring (bicyclic) bond motifs is 2. The fourth-order valence-electron chi connectivity index (χ4n) is 4.96. The lowest BCUT2D eigenvalue weighted by Crippen LogP contribution is -2.26. The predicted octanol–water partition coefficient (Wildman–Crippen LogP) is 4.86. The van der Waals surface area contributed by atoms with E-state index >= 15 is 0 Å². The normalized spacial score (nSPS) is 13.2. The van der Waals surface area contributed by atoms with E-state index in [1.807, 2.05) is 60.7 Å². The minimum absolute atomic E-state index is 0.0865. The number of hydrogen-bond donors (Lipinski definition) is 3. The number of amides is 1. The molecule has 0 fully saturated rings. The Kier molecular flexibility index (Phi) is 6.06. The highest BCUT2D eigenvalue weighted by molar-refractivity contribution is 5.98. The number of aromatic nitrogens is 5. The Morgan fingerprint density at radius 2 is 1.76 bits per heavy atom. The fourth-order valence-corrected chi connectivity index (χ4v) is 4.96. The second kappa shape index (κ2) is 9.81. The van der Waals surface area contributed by atoms with Gasteiger partial charge >= 0.3 is 0 Å². The van der Waals surface area contributed by atoms with E-state index in [0.717, 1.165) is 53.4 Å². The Hall–Kier alpha value is -4.59. The van der Waals surface area contributed by atoms with Gasteiger partial charge in [0, 0.05) is 28.4 Å². The Bertz CT molecular complexity index is 1590. The number of aryl methyl sites for hydroxylation is 1. The molecule has 37 heavy (non-hydrogen) atoms. The molecule has 1 aliphatic carbocycles. The molecule has 184 valence electrons. The standard InChI is InChI=1S/C29H27N7O/c30-28-27(29(37)32-17-24-21-11-5-2-6-12-23(21)35-36-24)33-26(25(34-28)18-8-3-1-4-9-18)20-13-14-22-19(16-20)10-7-15-31-22/h1,3-4,7-10,13-16H,2,5-6,11-12,17H2,(H2,30,34)(H,32,37)(H,35,36). The van der Waals surface area contributed by atoms with Crippen LogP contribution in [0.5, 0.6) is 0 Å². The molecule has 3 aromatic heterocycles. The van der Waals surface area contributed by atoms with Gasteiger partial charge in [-0.05, 0) is 49.4 Å². The molecule has 6 rings (SSSR count). The van der Waals surface area contributed by atoms with E-state index in [1.54, 1.807) is 6.20 Å². The predicted molar refractivity (Wildman–Crippen MR) is 144 cm³/mol. The number of benzene rings is 2. The molecule has 0 saturated carbocycles. The van der Waals surface area contributed by atoms with Gasteiger partial charge in [-0.3, -0.25) is 14.9 Å². The lowest BCUT2D eigenvalue weighted by molar-refractivity contribution is 0.0946. The van der Waals surface area contributed by atoms with Crippen molar-refractivity contribution in [3.05, 3.63) is 89.5 Å². The minimum atomic E-state index is -0.376. The van der Waals surface area contributed by atoms with Crippen LogP contribution in [-0.2, 0) is 19.4 Å². The largest absolute Gasteiger partial charge is 0.382 e. The van der Waals surface area contributed by atoms with E-state index in [-0.39, 0.29) is 17.4 Å². The van der Waals surface area contributed by atoms with Gasteiger partial charge in [0.25, 0.3) is 5.91 Å². The summed E-state index contributed by atoms with van der Waals surface area (Å²) in [5.74, 6) is -0.290. The number of nitrogens with zero attached hydrogens (tertiary/aromatic N) is 4. The topological polar surface area (TPSA) is 122 Å². The fraction of sp³-hybridized carbons (Fsp3) is 0.207. The quantitative estimate of drug-likeness (QED) is 0.303. The highest BCUT2D eigenvalue weighted by atomic mass is 16.1. The second-order valence-electron chi connectivity index (χ2n) is 9.30. The van der Waals surface area contributed by atoms with E-state index in [9.17, 15) is 4.79 Å². The van der Waals surface area contributed by atoms with E-state index in [1.165, 1.54) is 17.7 Å². The molecule has 3 heterocycles. The molecule has 2 aromatic carbocycles. The summed E-state index contributed by atoms with van der Waals surface area (Å²) < 4.78 is 0. The Morgan fingerprint density at radius 1 is 0.919 bits per heavy atom. The van der Waals surface area contributed by atoms with Crippen LogP contribution in [0.15, 0.2) is 66.9 Å². The average molecular weight is 490 g/mol. The Labute approximate surface area is 214 Å². The number of carbonyl (C=O) groups is 1. The van der Waals surface area contributed by atoms with Crippen molar-refractivity contribution in [2.75, 3.05) is 5.73 Å². The third-order valence-electron chi connectivity index (χ3n) is 6.87. The third kappa shape index (κ3) is 4.53. The van der Waals surface area contributed by atoms with Crippen molar-refractivity contribution in [2.24, 2.45) is 0 Å². The van der Waals surface area contributed by atoms with Crippen LogP contribution in [0.3, 0.4) is 0 Å². The number of anilines is 1. The smallest absolute Gasteiger partial charge is 0.274 e. The molecule has 4 N–H and O–H groups in total. The van der Waals surface area contributed by atoms with Crippen molar-refractivity contribution in [1.82, 2.24) is 30.5 Å². The van der Waals surface area contributed by atoms with Crippen LogP contribution in [-0.4, -0.2) is 31.1 Å². The van der Waals surface area contributed by atoms with Crippen molar-refractivity contribution < 1.29 is 4.79 Å². The number of H-pyrrole nitrogens is 1. The van der Waals surface area contributed by atoms with Gasteiger partial charge in [0.05, 0.1) is 29.1 Å². The Balaban J connectivity index is 1.37. The zero-order valence-electron chi connectivity index (χ0n) is 20.4. The maximum absolute atomic E-state index is 13.3. The zero-order valence-corrected chi connectivity index (χ0v) is 20.4. The number of hydrogen-bond acceptors (Lipinski definition) is 6. The first-order valence-corrected chi connectivity index (χ1v) is 12.6. The summed E-state index contributed by atoms with van der Waals surface area (Å²) in [6.07, 6.45) is 7.25. The second-order valence-corrected chi connectivity index (χ2v) is 9.30. The van der Waals surface area contributed by atoms with Crippen LogP contribution >= 0.6 is 0 Å². The minimum Gasteiger partial charge on any atom is -0.382 e. The third-order valence-corrected chi connectivity index (χ3v) is 6.87. The van der Waals surface area contributed by atoms with Crippen LogP contribution in [0.4, 0.5) is 5.82 Å². The maximum Gasteiger partial charge on any atom is 0.274 e. The molecule has 0 aliphatic heterocycles. The summed E-state index contributed by atoms with van der Waals surface area (Å²) in [6, 6.07) is 19.5. The van der Waals surface area contributed by atoms with E-state index in [4.69, 9.17) is 10.7 Å². The molecule has 8 heteroatoms. The SMILES string of the molecule is Nc1nc(-c2ccccc2)c(-c2ccc3ncccc3c2)nc1C(=O)NCc1n[nH]c2c1CCCCC2. The van der Waals surface area contributed by atoms with Crippen molar-refractivity contribution >= 4 is 22.6 Å². The molecule has 0 atom stereocenters. The highest BCUT2D eigenvalue weighted by Gasteiger charge is 2.21. The van der Waals surface area contributed by atoms with Gasteiger partial charge in [0.2, 0.25) is 0 Å². The summed E-state index contributed by atoms with van der Waals surface area (Å²) in [7, 11) is 0. The summed E-state index contributed by atoms with van der Waals surface area (Å²) in [5.41, 5.74) is 13.5. The molecule has 0 bridgehead atoms. The Morgan fingerprint density at radius 3 is 2.65 bits per heavy atom. The lowest BCUT2D eigenvalue weighted by atomic mass is 10.0. The van der Waals surface area contributed by atoms with E-state index in [2.05, 4.69) is 25.5 Å². The van der Waals surface area contributed by atoms with Crippen molar-refractivity contribution in [1.29, 1.82) is 0 Å². The van der Waals surface area contributed by atoms with Crippen molar-refractivity contribution in [2.45, 2.75) is 38.6 Å². The van der Waals surface area contributed by atoms with Crippen LogP contribution in [0.25, 0.3) is 33.4 Å². The molecule has 0 unspecified atom stereocenters. The van der Waals surface area contributed by atoms with E-state index in [0.29, 0.717) is 17.9 Å². The molecule has 0 radical (unpaired) electrons. The summed E-state index contributed by atoms with van der Waals surface area (Å²) in [6.45, 7) is 0.309. The average Bonchev–Trinajstić information content (AvgIpc) is 3.17. The van der Waals surface area contributed by atoms with Crippen molar-refractivity contribution in [3.8, 4) is 22.5 Å². The molecule has 0 saturated heterocycles. The maximum atomic E-state index is 13.3. The molecule has 1 amide bonds. The lowest BCUT2D eigenvalue weighted by Gasteiger charge is -2.13. The molecule has 8 nitrogen and oxygen atoms in total. The van der Waals surface area contributed by atoms with E-state index < -0.39 is 0 Å². The number of rotatable bonds is 5. The van der Waals surface area contributed by atoms with Crippen LogP contribution in [0.2, 0.25) is 0 Å². The summed E-state index contributed by atoms with van der Waals surface area (Å²) in [5, 5.41) is 11.6. The number of nitrogen functional groups attached to an aromatic ring is 1. The van der Waals surface area contributed by atoms with Gasteiger partial charge in [0.1, 0.15) is 0 Å². The summed E-state index contributed by atoms with van der Waals surface area (Å²) >= 11 is 0. The van der Waals surface area contributed by atoms with Gasteiger partial charge in [-0.15, -0.1) is 0 Å². The van der Waals surface area contributed by atoms with Gasteiger partial charge in [-0.1, -0.05) is 48.9 Å². The number of carbonyl (C=O) groups excluding carboxylic acids is 1. The van der Waals surface area contributed by atoms with Gasteiger partial charge in [0.15, 0.2) is 11.5 Å². The molecular formula is C29H27N7O. The summed E-state index contributed by atoms with van der Waals surface area (Å²) in [4.78, 5) is 27.2. The molecule has 1 aliphatic rings. The highest BCUT2D eigenvalue weighted by Crippen LogP contribution is 2.32. The van der Waals surface area contributed by atoms with Crippen LogP contribution in [0, 0.1) is 0 Å². The first-order valence-electron chi connectivity index (χ1n) is 12.6. The van der Waals surface area contributed by atoms with Crippen LogP contribution in [0.1, 0.15) is 46.7 Å². The number of nitrogens with two attached hydrogens (primary N) is 1.